The van der Waals surface area contributed by atoms with Crippen LogP contribution in [0.25, 0.3) is 0 Å². The highest BCUT2D eigenvalue weighted by Gasteiger charge is 2.15. The summed E-state index contributed by atoms with van der Waals surface area (Å²) in [6, 6.07) is 8.12. The van der Waals surface area contributed by atoms with Crippen LogP contribution in [0, 0.1) is 0 Å². The van der Waals surface area contributed by atoms with Gasteiger partial charge >= 0.3 is 0 Å². The Balaban J connectivity index is 2.48. The van der Waals surface area contributed by atoms with E-state index in [0.717, 1.165) is 17.5 Å². The Morgan fingerprint density at radius 2 is 2.00 bits per heavy atom. The molecule has 0 aromatic heterocycles. The van der Waals surface area contributed by atoms with Crippen LogP contribution in [0.15, 0.2) is 24.3 Å². The molecule has 0 saturated carbocycles. The van der Waals surface area contributed by atoms with E-state index in [1.165, 1.54) is 31.2 Å². The van der Waals surface area contributed by atoms with Gasteiger partial charge in [-0.15, -0.1) is 0 Å². The monoisotopic (exact) mass is 342 g/mol. The zero-order valence-corrected chi connectivity index (χ0v) is 14.5. The van der Waals surface area contributed by atoms with Gasteiger partial charge in [0, 0.05) is 5.33 Å². The second-order valence-electron chi connectivity index (χ2n) is 5.22. The first kappa shape index (κ1) is 17.5. The Hall–Kier alpha value is -0.540. The highest BCUT2D eigenvalue weighted by molar-refractivity contribution is 9.09. The molecule has 0 aliphatic rings. The normalized spacial score (nSPS) is 14.0. The third-order valence-electron chi connectivity index (χ3n) is 3.47. The van der Waals surface area contributed by atoms with Crippen LogP contribution in [0.2, 0.25) is 0 Å². The number of rotatable bonds is 10. The van der Waals surface area contributed by atoms with E-state index in [1.807, 2.05) is 12.1 Å². The Labute approximate surface area is 132 Å². The zero-order chi connectivity index (χ0) is 14.8. The van der Waals surface area contributed by atoms with E-state index in [9.17, 15) is 0 Å². The van der Waals surface area contributed by atoms with Gasteiger partial charge in [0.1, 0.15) is 5.75 Å². The van der Waals surface area contributed by atoms with Gasteiger partial charge in [-0.1, -0.05) is 60.7 Å². The molecule has 0 fully saturated rings. The minimum atomic E-state index is 0.0891. The summed E-state index contributed by atoms with van der Waals surface area (Å²) >= 11 is 3.55. The number of methoxy groups -OCH3 is 1. The second kappa shape index (κ2) is 10.2. The van der Waals surface area contributed by atoms with Crippen LogP contribution in [0.4, 0.5) is 0 Å². The molecule has 0 heterocycles. The lowest BCUT2D eigenvalue weighted by Gasteiger charge is -2.21. The lowest BCUT2D eigenvalue weighted by atomic mass is 10.1. The third kappa shape index (κ3) is 6.27. The van der Waals surface area contributed by atoms with Crippen molar-refractivity contribution < 1.29 is 9.47 Å². The van der Waals surface area contributed by atoms with Gasteiger partial charge in [0.05, 0.1) is 19.3 Å². The number of hydrogen-bond acceptors (Lipinski definition) is 2. The molecule has 0 amide bonds. The van der Waals surface area contributed by atoms with Crippen molar-refractivity contribution in [3.8, 4) is 5.75 Å². The zero-order valence-electron chi connectivity index (χ0n) is 12.9. The van der Waals surface area contributed by atoms with Gasteiger partial charge in [0.2, 0.25) is 0 Å². The predicted molar refractivity (Wildman–Crippen MR) is 88.8 cm³/mol. The summed E-state index contributed by atoms with van der Waals surface area (Å²) in [6.45, 7) is 4.41. The van der Waals surface area contributed by atoms with E-state index in [-0.39, 0.29) is 6.10 Å². The van der Waals surface area contributed by atoms with Gasteiger partial charge in [-0.2, -0.15) is 0 Å². The van der Waals surface area contributed by atoms with Crippen molar-refractivity contribution in [2.45, 2.75) is 58.2 Å². The molecule has 0 radical (unpaired) electrons. The van der Waals surface area contributed by atoms with E-state index >= 15 is 0 Å². The molecule has 0 spiro atoms. The molecule has 1 aromatic rings. The Morgan fingerprint density at radius 1 is 1.20 bits per heavy atom. The van der Waals surface area contributed by atoms with Crippen molar-refractivity contribution >= 4 is 15.9 Å². The number of benzene rings is 1. The molecule has 2 atom stereocenters. The molecule has 1 aromatic carbocycles. The van der Waals surface area contributed by atoms with Crippen LogP contribution in [0.1, 0.15) is 57.6 Å². The molecular formula is C17H27BrO2. The molecule has 1 rings (SSSR count). The van der Waals surface area contributed by atoms with E-state index in [0.29, 0.717) is 6.10 Å². The molecular weight excluding hydrogens is 316 g/mol. The molecule has 0 aliphatic carbocycles. The number of ether oxygens (including phenoxy) is 2. The van der Waals surface area contributed by atoms with Gasteiger partial charge in [-0.05, 0) is 31.0 Å². The van der Waals surface area contributed by atoms with Gasteiger partial charge in [0.15, 0.2) is 0 Å². The highest BCUT2D eigenvalue weighted by Crippen LogP contribution is 2.26. The van der Waals surface area contributed by atoms with Gasteiger partial charge < -0.3 is 9.47 Å². The summed E-state index contributed by atoms with van der Waals surface area (Å²) in [5.41, 5.74) is 1.17. The SMILES string of the molecule is CCCCCCC(C)OC(CBr)c1cccc(OC)c1. The third-order valence-corrected chi connectivity index (χ3v) is 4.05. The summed E-state index contributed by atoms with van der Waals surface area (Å²) in [4.78, 5) is 0. The van der Waals surface area contributed by atoms with Crippen molar-refractivity contribution in [1.29, 1.82) is 0 Å². The Morgan fingerprint density at radius 3 is 2.65 bits per heavy atom. The molecule has 0 bridgehead atoms. The van der Waals surface area contributed by atoms with Crippen molar-refractivity contribution in [1.82, 2.24) is 0 Å². The first-order valence-corrected chi connectivity index (χ1v) is 8.68. The summed E-state index contributed by atoms with van der Waals surface area (Å²) in [5.74, 6) is 0.882. The summed E-state index contributed by atoms with van der Waals surface area (Å²) in [7, 11) is 1.69. The van der Waals surface area contributed by atoms with Crippen LogP contribution in [0.3, 0.4) is 0 Å². The average Bonchev–Trinajstić information content (AvgIpc) is 2.49. The number of halogens is 1. The van der Waals surface area contributed by atoms with Crippen molar-refractivity contribution in [3.63, 3.8) is 0 Å². The van der Waals surface area contributed by atoms with Crippen LogP contribution in [-0.4, -0.2) is 18.5 Å². The molecule has 2 unspecified atom stereocenters. The molecule has 2 nitrogen and oxygen atoms in total. The maximum Gasteiger partial charge on any atom is 0.119 e. The number of alkyl halides is 1. The standard InChI is InChI=1S/C17H27BrO2/c1-4-5-6-7-9-14(2)20-17(13-18)15-10-8-11-16(12-15)19-3/h8,10-12,14,17H,4-7,9,13H2,1-3H3. The van der Waals surface area contributed by atoms with E-state index in [1.54, 1.807) is 7.11 Å². The fourth-order valence-electron chi connectivity index (χ4n) is 2.25. The minimum Gasteiger partial charge on any atom is -0.497 e. The smallest absolute Gasteiger partial charge is 0.119 e. The van der Waals surface area contributed by atoms with Crippen LogP contribution in [-0.2, 0) is 4.74 Å². The minimum absolute atomic E-state index is 0.0891. The summed E-state index contributed by atoms with van der Waals surface area (Å²) in [5, 5.41) is 0.805. The summed E-state index contributed by atoms with van der Waals surface area (Å²) < 4.78 is 11.4. The lowest BCUT2D eigenvalue weighted by Crippen LogP contribution is -2.15. The Bertz CT molecular complexity index is 368. The van der Waals surface area contributed by atoms with E-state index < -0.39 is 0 Å². The van der Waals surface area contributed by atoms with Crippen LogP contribution in [0.5, 0.6) is 5.75 Å². The van der Waals surface area contributed by atoms with Gasteiger partial charge in [-0.3, -0.25) is 0 Å². The second-order valence-corrected chi connectivity index (χ2v) is 5.86. The Kier molecular flexibility index (Phi) is 8.95. The molecule has 0 saturated heterocycles. The molecule has 20 heavy (non-hydrogen) atoms. The quantitative estimate of drug-likeness (QED) is 0.412. The van der Waals surface area contributed by atoms with Gasteiger partial charge in [-0.25, -0.2) is 0 Å². The van der Waals surface area contributed by atoms with Crippen molar-refractivity contribution in [3.05, 3.63) is 29.8 Å². The van der Waals surface area contributed by atoms with E-state index in [2.05, 4.69) is 41.9 Å². The molecule has 3 heteroatoms. The largest absolute Gasteiger partial charge is 0.497 e. The first-order valence-electron chi connectivity index (χ1n) is 7.56. The van der Waals surface area contributed by atoms with Crippen molar-refractivity contribution in [2.24, 2.45) is 0 Å². The molecule has 0 aliphatic heterocycles. The van der Waals surface area contributed by atoms with Crippen LogP contribution >= 0.6 is 15.9 Å². The van der Waals surface area contributed by atoms with E-state index in [4.69, 9.17) is 9.47 Å². The lowest BCUT2D eigenvalue weighted by molar-refractivity contribution is 0.00483. The predicted octanol–water partition coefficient (Wildman–Crippen LogP) is 5.51. The van der Waals surface area contributed by atoms with Crippen LogP contribution < -0.4 is 4.74 Å². The first-order chi connectivity index (χ1) is 9.71. The molecule has 0 N–H and O–H groups in total. The maximum atomic E-state index is 6.16. The van der Waals surface area contributed by atoms with Crippen molar-refractivity contribution in [2.75, 3.05) is 12.4 Å². The molecule has 114 valence electrons. The van der Waals surface area contributed by atoms with Gasteiger partial charge in [0.25, 0.3) is 0 Å². The maximum absolute atomic E-state index is 6.16. The fourth-order valence-corrected chi connectivity index (χ4v) is 2.78. The number of hydrogen-bond donors (Lipinski definition) is 0. The summed E-state index contributed by atoms with van der Waals surface area (Å²) in [6.07, 6.45) is 6.68. The number of unbranched alkanes of at least 4 members (excludes halogenated alkanes) is 3. The fraction of sp³-hybridized carbons (Fsp3) is 0.647. The topological polar surface area (TPSA) is 18.5 Å². The highest BCUT2D eigenvalue weighted by atomic mass is 79.9. The average molecular weight is 343 g/mol.